The van der Waals surface area contributed by atoms with E-state index in [2.05, 4.69) is 27.8 Å². The maximum absolute atomic E-state index is 12.6. The first-order valence-corrected chi connectivity index (χ1v) is 12.2. The normalized spacial score (nSPS) is 28.3. The van der Waals surface area contributed by atoms with E-state index in [0.717, 1.165) is 69.3 Å². The Hall–Kier alpha value is -1.69. The average molecular weight is 416 g/mol. The van der Waals surface area contributed by atoms with Crippen LogP contribution in [0.5, 0.6) is 0 Å². The SMILES string of the molecule is O=C(N[C@H](c1nccs1)C1CCC(CNC(=O)[C@H]2CC=CCC2)CC1)C1CCC1. The van der Waals surface area contributed by atoms with Gasteiger partial charge in [0, 0.05) is 30.0 Å². The first-order chi connectivity index (χ1) is 14.2. The molecule has 0 bridgehead atoms. The van der Waals surface area contributed by atoms with Gasteiger partial charge in [-0.15, -0.1) is 11.3 Å². The largest absolute Gasteiger partial charge is 0.356 e. The van der Waals surface area contributed by atoms with Crippen molar-refractivity contribution >= 4 is 23.2 Å². The number of hydrogen-bond donors (Lipinski definition) is 2. The summed E-state index contributed by atoms with van der Waals surface area (Å²) in [5.41, 5.74) is 0. The fourth-order valence-corrected chi connectivity index (χ4v) is 5.64. The van der Waals surface area contributed by atoms with E-state index < -0.39 is 0 Å². The molecule has 6 heteroatoms. The fourth-order valence-electron chi connectivity index (χ4n) is 4.86. The number of carbonyl (C=O) groups excluding carboxylic acids is 2. The average Bonchev–Trinajstić information content (AvgIpc) is 3.24. The third kappa shape index (κ3) is 5.27. The zero-order valence-electron chi connectivity index (χ0n) is 17.1. The van der Waals surface area contributed by atoms with Gasteiger partial charge in [-0.1, -0.05) is 18.6 Å². The van der Waals surface area contributed by atoms with Crippen LogP contribution >= 0.6 is 11.3 Å². The molecule has 2 saturated carbocycles. The van der Waals surface area contributed by atoms with Gasteiger partial charge < -0.3 is 10.6 Å². The summed E-state index contributed by atoms with van der Waals surface area (Å²) in [6, 6.07) is 0.0488. The Balaban J connectivity index is 1.26. The van der Waals surface area contributed by atoms with Crippen LogP contribution in [0.3, 0.4) is 0 Å². The van der Waals surface area contributed by atoms with E-state index in [4.69, 9.17) is 0 Å². The molecule has 2 fully saturated rings. The molecule has 2 N–H and O–H groups in total. The molecule has 0 aromatic carbocycles. The van der Waals surface area contributed by atoms with Crippen molar-refractivity contribution in [1.29, 1.82) is 0 Å². The number of rotatable bonds is 7. The minimum Gasteiger partial charge on any atom is -0.356 e. The molecule has 0 unspecified atom stereocenters. The maximum atomic E-state index is 12.6. The molecule has 1 aromatic heterocycles. The first-order valence-electron chi connectivity index (χ1n) is 11.3. The standard InChI is InChI=1S/C23H33N3O2S/c27-21(18-5-2-1-3-6-18)25-15-16-9-11-17(12-10-16)20(23-24-13-14-29-23)26-22(28)19-7-4-8-19/h1-2,13-14,16-20H,3-12,15H2,(H,25,27)(H,26,28)/t16?,17?,18-,20-/m0/s1. The number of allylic oxidation sites excluding steroid dienone is 2. The summed E-state index contributed by atoms with van der Waals surface area (Å²) in [4.78, 5) is 29.5. The van der Waals surface area contributed by atoms with Gasteiger partial charge in [-0.3, -0.25) is 9.59 Å². The van der Waals surface area contributed by atoms with E-state index in [0.29, 0.717) is 11.8 Å². The van der Waals surface area contributed by atoms with Crippen LogP contribution in [0.4, 0.5) is 0 Å². The molecule has 3 aliphatic rings. The Labute approximate surface area is 177 Å². The number of nitrogens with zero attached hydrogens (tertiary/aromatic N) is 1. The lowest BCUT2D eigenvalue weighted by Gasteiger charge is -2.35. The third-order valence-electron chi connectivity index (χ3n) is 7.06. The number of aromatic nitrogens is 1. The molecule has 2 atom stereocenters. The number of nitrogens with one attached hydrogen (secondary N) is 2. The van der Waals surface area contributed by atoms with E-state index in [-0.39, 0.29) is 29.7 Å². The van der Waals surface area contributed by atoms with Crippen LogP contribution in [-0.2, 0) is 9.59 Å². The Morgan fingerprint density at radius 1 is 1.03 bits per heavy atom. The highest BCUT2D eigenvalue weighted by Gasteiger charge is 2.34. The molecular weight excluding hydrogens is 382 g/mol. The number of hydrogen-bond acceptors (Lipinski definition) is 4. The van der Waals surface area contributed by atoms with Crippen LogP contribution in [-0.4, -0.2) is 23.3 Å². The lowest BCUT2D eigenvalue weighted by Crippen LogP contribution is -2.41. The molecule has 1 heterocycles. The molecular formula is C23H33N3O2S. The van der Waals surface area contributed by atoms with Crippen molar-refractivity contribution in [3.05, 3.63) is 28.7 Å². The van der Waals surface area contributed by atoms with Crippen LogP contribution in [0.15, 0.2) is 23.7 Å². The van der Waals surface area contributed by atoms with E-state index in [9.17, 15) is 9.59 Å². The van der Waals surface area contributed by atoms with Crippen molar-refractivity contribution < 1.29 is 9.59 Å². The van der Waals surface area contributed by atoms with E-state index in [1.165, 1.54) is 6.42 Å². The number of thiazole rings is 1. The van der Waals surface area contributed by atoms with Crippen LogP contribution in [0, 0.1) is 23.7 Å². The van der Waals surface area contributed by atoms with Crippen LogP contribution in [0.2, 0.25) is 0 Å². The lowest BCUT2D eigenvalue weighted by molar-refractivity contribution is -0.129. The lowest BCUT2D eigenvalue weighted by atomic mass is 9.78. The van der Waals surface area contributed by atoms with Gasteiger partial charge in [0.2, 0.25) is 11.8 Å². The van der Waals surface area contributed by atoms with Gasteiger partial charge in [-0.2, -0.15) is 0 Å². The van der Waals surface area contributed by atoms with Crippen LogP contribution in [0.25, 0.3) is 0 Å². The Bertz CT molecular complexity index is 706. The smallest absolute Gasteiger partial charge is 0.223 e. The summed E-state index contributed by atoms with van der Waals surface area (Å²) in [5, 5.41) is 9.58. The number of amides is 2. The summed E-state index contributed by atoms with van der Waals surface area (Å²) in [6.45, 7) is 0.794. The van der Waals surface area contributed by atoms with E-state index in [1.807, 2.05) is 11.6 Å². The third-order valence-corrected chi connectivity index (χ3v) is 7.92. The molecule has 0 spiro atoms. The molecule has 5 nitrogen and oxygen atoms in total. The summed E-state index contributed by atoms with van der Waals surface area (Å²) in [6.07, 6.45) is 16.6. The molecule has 0 aliphatic heterocycles. The summed E-state index contributed by atoms with van der Waals surface area (Å²) in [7, 11) is 0. The molecule has 158 valence electrons. The molecule has 29 heavy (non-hydrogen) atoms. The second-order valence-electron chi connectivity index (χ2n) is 8.99. The van der Waals surface area contributed by atoms with Crippen molar-refractivity contribution in [2.45, 2.75) is 70.3 Å². The Morgan fingerprint density at radius 2 is 1.86 bits per heavy atom. The van der Waals surface area contributed by atoms with Crippen LogP contribution in [0.1, 0.15) is 75.3 Å². The van der Waals surface area contributed by atoms with Gasteiger partial charge in [0.25, 0.3) is 0 Å². The summed E-state index contributed by atoms with van der Waals surface area (Å²) in [5.74, 6) is 1.80. The quantitative estimate of drug-likeness (QED) is 0.649. The van der Waals surface area contributed by atoms with Gasteiger partial charge in [0.05, 0.1) is 6.04 Å². The van der Waals surface area contributed by atoms with Gasteiger partial charge >= 0.3 is 0 Å². The first kappa shape index (κ1) is 20.6. The molecule has 1 aromatic rings. The minimum absolute atomic E-state index is 0.0488. The molecule has 2 amide bonds. The molecule has 0 saturated heterocycles. The Morgan fingerprint density at radius 3 is 2.48 bits per heavy atom. The highest BCUT2D eigenvalue weighted by molar-refractivity contribution is 7.09. The van der Waals surface area contributed by atoms with E-state index in [1.54, 1.807) is 11.3 Å². The summed E-state index contributed by atoms with van der Waals surface area (Å²) >= 11 is 1.65. The van der Waals surface area contributed by atoms with Crippen molar-refractivity contribution in [2.75, 3.05) is 6.54 Å². The predicted molar refractivity (Wildman–Crippen MR) is 115 cm³/mol. The van der Waals surface area contributed by atoms with Gasteiger partial charge in [0.1, 0.15) is 5.01 Å². The fraction of sp³-hybridized carbons (Fsp3) is 0.696. The second-order valence-corrected chi connectivity index (χ2v) is 9.92. The predicted octanol–water partition coefficient (Wildman–Crippen LogP) is 4.38. The Kier molecular flexibility index (Phi) is 7.01. The monoisotopic (exact) mass is 415 g/mol. The molecule has 4 rings (SSSR count). The zero-order valence-corrected chi connectivity index (χ0v) is 18.0. The second kappa shape index (κ2) is 9.88. The molecule has 3 aliphatic carbocycles. The van der Waals surface area contributed by atoms with Crippen molar-refractivity contribution in [1.82, 2.24) is 15.6 Å². The van der Waals surface area contributed by atoms with Gasteiger partial charge in [-0.25, -0.2) is 4.98 Å². The number of carbonyl (C=O) groups is 2. The minimum atomic E-state index is 0.0488. The maximum Gasteiger partial charge on any atom is 0.223 e. The van der Waals surface area contributed by atoms with Crippen molar-refractivity contribution in [3.63, 3.8) is 0 Å². The van der Waals surface area contributed by atoms with Crippen molar-refractivity contribution in [2.24, 2.45) is 23.7 Å². The van der Waals surface area contributed by atoms with Gasteiger partial charge in [0.15, 0.2) is 0 Å². The van der Waals surface area contributed by atoms with Crippen LogP contribution < -0.4 is 10.6 Å². The topological polar surface area (TPSA) is 71.1 Å². The highest BCUT2D eigenvalue weighted by atomic mass is 32.1. The van der Waals surface area contributed by atoms with Crippen molar-refractivity contribution in [3.8, 4) is 0 Å². The zero-order chi connectivity index (χ0) is 20.1. The van der Waals surface area contributed by atoms with Gasteiger partial charge in [-0.05, 0) is 69.6 Å². The highest BCUT2D eigenvalue weighted by Crippen LogP contribution is 2.38. The summed E-state index contributed by atoms with van der Waals surface area (Å²) < 4.78 is 0. The van der Waals surface area contributed by atoms with E-state index >= 15 is 0 Å². The molecule has 0 radical (unpaired) electrons.